The summed E-state index contributed by atoms with van der Waals surface area (Å²) in [6.07, 6.45) is 2.38. The number of pyridine rings is 1. The highest BCUT2D eigenvalue weighted by Crippen LogP contribution is 2.30. The standard InChI is InChI=1S/C22H18N2O2/c1-23-22(25)18-10-6-5-9-16(18)13-17-11-12-24-19-14-20(26-21(17)19)15-7-3-2-4-8-15/h2-12,14H,13H2,1H3,(H,23,25). The predicted octanol–water partition coefficient (Wildman–Crippen LogP) is 4.45. The summed E-state index contributed by atoms with van der Waals surface area (Å²) in [7, 11) is 1.64. The molecule has 0 saturated heterocycles. The van der Waals surface area contributed by atoms with Gasteiger partial charge in [-0.15, -0.1) is 0 Å². The Balaban J connectivity index is 1.77. The number of carbonyl (C=O) groups excluding carboxylic acids is 1. The summed E-state index contributed by atoms with van der Waals surface area (Å²) in [5, 5.41) is 2.70. The van der Waals surface area contributed by atoms with Crippen LogP contribution < -0.4 is 5.32 Å². The molecule has 2 aromatic carbocycles. The van der Waals surface area contributed by atoms with Gasteiger partial charge in [-0.25, -0.2) is 0 Å². The number of amides is 1. The number of furan rings is 1. The normalized spacial score (nSPS) is 10.8. The van der Waals surface area contributed by atoms with Crippen LogP contribution in [-0.2, 0) is 6.42 Å². The molecule has 0 spiro atoms. The van der Waals surface area contributed by atoms with Crippen LogP contribution in [0.25, 0.3) is 22.4 Å². The average molecular weight is 342 g/mol. The average Bonchev–Trinajstić information content (AvgIpc) is 3.14. The second-order valence-electron chi connectivity index (χ2n) is 6.07. The third-order valence-corrected chi connectivity index (χ3v) is 4.42. The van der Waals surface area contributed by atoms with Crippen molar-refractivity contribution in [1.82, 2.24) is 10.3 Å². The van der Waals surface area contributed by atoms with Crippen molar-refractivity contribution in [3.8, 4) is 11.3 Å². The molecule has 4 nitrogen and oxygen atoms in total. The molecule has 0 aliphatic heterocycles. The lowest BCUT2D eigenvalue weighted by Gasteiger charge is -2.08. The molecule has 0 aliphatic rings. The molecule has 0 fully saturated rings. The predicted molar refractivity (Wildman–Crippen MR) is 102 cm³/mol. The van der Waals surface area contributed by atoms with Gasteiger partial charge in [-0.3, -0.25) is 9.78 Å². The summed E-state index contributed by atoms with van der Waals surface area (Å²) in [4.78, 5) is 16.6. The van der Waals surface area contributed by atoms with Gasteiger partial charge in [-0.1, -0.05) is 48.5 Å². The molecule has 2 aromatic heterocycles. The van der Waals surface area contributed by atoms with Crippen LogP contribution in [0.4, 0.5) is 0 Å². The van der Waals surface area contributed by atoms with E-state index in [-0.39, 0.29) is 5.91 Å². The van der Waals surface area contributed by atoms with Gasteiger partial charge in [-0.05, 0) is 17.7 Å². The Kier molecular flexibility index (Phi) is 4.23. The summed E-state index contributed by atoms with van der Waals surface area (Å²) in [5.41, 5.74) is 5.24. The van der Waals surface area contributed by atoms with Crippen LogP contribution in [0, 0.1) is 0 Å². The van der Waals surface area contributed by atoms with Crippen LogP contribution in [0.15, 0.2) is 77.3 Å². The first-order chi connectivity index (χ1) is 12.8. The number of nitrogens with one attached hydrogen (secondary N) is 1. The zero-order valence-electron chi connectivity index (χ0n) is 14.4. The number of aromatic nitrogens is 1. The van der Waals surface area contributed by atoms with Crippen molar-refractivity contribution in [2.24, 2.45) is 0 Å². The molecule has 128 valence electrons. The Morgan fingerprint density at radius 2 is 1.77 bits per heavy atom. The van der Waals surface area contributed by atoms with Gasteiger partial charge in [0.15, 0.2) is 5.58 Å². The van der Waals surface area contributed by atoms with Crippen molar-refractivity contribution in [3.63, 3.8) is 0 Å². The number of fused-ring (bicyclic) bond motifs is 1. The molecule has 0 atom stereocenters. The molecule has 2 heterocycles. The highest BCUT2D eigenvalue weighted by atomic mass is 16.3. The first-order valence-electron chi connectivity index (χ1n) is 8.49. The number of hydrogen-bond donors (Lipinski definition) is 1. The summed E-state index contributed by atoms with van der Waals surface area (Å²) in [6.45, 7) is 0. The molecule has 0 saturated carbocycles. The van der Waals surface area contributed by atoms with Gasteiger partial charge in [0, 0.05) is 42.4 Å². The fourth-order valence-electron chi connectivity index (χ4n) is 3.11. The molecule has 26 heavy (non-hydrogen) atoms. The second-order valence-corrected chi connectivity index (χ2v) is 6.07. The monoisotopic (exact) mass is 342 g/mol. The molecule has 1 amide bonds. The summed E-state index contributed by atoms with van der Waals surface area (Å²) >= 11 is 0. The van der Waals surface area contributed by atoms with Crippen molar-refractivity contribution < 1.29 is 9.21 Å². The topological polar surface area (TPSA) is 55.1 Å². The third-order valence-electron chi connectivity index (χ3n) is 4.42. The minimum atomic E-state index is -0.0877. The number of rotatable bonds is 4. The van der Waals surface area contributed by atoms with Crippen LogP contribution in [0.3, 0.4) is 0 Å². The Morgan fingerprint density at radius 3 is 2.58 bits per heavy atom. The second kappa shape index (κ2) is 6.84. The Bertz CT molecular complexity index is 1070. The van der Waals surface area contributed by atoms with Gasteiger partial charge < -0.3 is 9.73 Å². The zero-order valence-corrected chi connectivity index (χ0v) is 14.4. The quantitative estimate of drug-likeness (QED) is 0.596. The van der Waals surface area contributed by atoms with Gasteiger partial charge in [0.2, 0.25) is 0 Å². The number of hydrogen-bond acceptors (Lipinski definition) is 3. The van der Waals surface area contributed by atoms with Crippen molar-refractivity contribution in [3.05, 3.63) is 89.6 Å². The number of nitrogens with zero attached hydrogens (tertiary/aromatic N) is 1. The van der Waals surface area contributed by atoms with E-state index in [4.69, 9.17) is 4.42 Å². The molecule has 4 aromatic rings. The van der Waals surface area contributed by atoms with Crippen molar-refractivity contribution >= 4 is 17.0 Å². The maximum absolute atomic E-state index is 12.1. The summed E-state index contributed by atoms with van der Waals surface area (Å²) < 4.78 is 6.12. The largest absolute Gasteiger partial charge is 0.454 e. The van der Waals surface area contributed by atoms with E-state index in [1.807, 2.05) is 66.7 Å². The third kappa shape index (κ3) is 2.97. The van der Waals surface area contributed by atoms with E-state index in [1.165, 1.54) is 0 Å². The van der Waals surface area contributed by atoms with Crippen molar-refractivity contribution in [2.45, 2.75) is 6.42 Å². The van der Waals surface area contributed by atoms with Crippen LogP contribution in [0.1, 0.15) is 21.5 Å². The maximum atomic E-state index is 12.1. The van der Waals surface area contributed by atoms with Gasteiger partial charge in [0.1, 0.15) is 11.3 Å². The van der Waals surface area contributed by atoms with Gasteiger partial charge in [-0.2, -0.15) is 0 Å². The van der Waals surface area contributed by atoms with Crippen LogP contribution in [0.2, 0.25) is 0 Å². The lowest BCUT2D eigenvalue weighted by Crippen LogP contribution is -2.19. The van der Waals surface area contributed by atoms with E-state index in [2.05, 4.69) is 10.3 Å². The van der Waals surface area contributed by atoms with Gasteiger partial charge >= 0.3 is 0 Å². The minimum Gasteiger partial charge on any atom is -0.454 e. The van der Waals surface area contributed by atoms with Crippen molar-refractivity contribution in [2.75, 3.05) is 7.05 Å². The first-order valence-corrected chi connectivity index (χ1v) is 8.49. The molecule has 0 aliphatic carbocycles. The lowest BCUT2D eigenvalue weighted by atomic mass is 9.99. The highest BCUT2D eigenvalue weighted by Gasteiger charge is 2.14. The SMILES string of the molecule is CNC(=O)c1ccccc1Cc1ccnc2cc(-c3ccccc3)oc12. The van der Waals surface area contributed by atoms with E-state index in [0.29, 0.717) is 12.0 Å². The van der Waals surface area contributed by atoms with E-state index < -0.39 is 0 Å². The Morgan fingerprint density at radius 1 is 1.00 bits per heavy atom. The molecule has 1 N–H and O–H groups in total. The van der Waals surface area contributed by atoms with E-state index in [9.17, 15) is 4.79 Å². The highest BCUT2D eigenvalue weighted by molar-refractivity contribution is 5.95. The van der Waals surface area contributed by atoms with Crippen molar-refractivity contribution in [1.29, 1.82) is 0 Å². The fourth-order valence-corrected chi connectivity index (χ4v) is 3.11. The molecule has 0 bridgehead atoms. The van der Waals surface area contributed by atoms with Gasteiger partial charge in [0.05, 0.1) is 0 Å². The van der Waals surface area contributed by atoms with E-state index in [0.717, 1.165) is 33.6 Å². The fraction of sp³-hybridized carbons (Fsp3) is 0.0909. The van der Waals surface area contributed by atoms with Gasteiger partial charge in [0.25, 0.3) is 5.91 Å². The van der Waals surface area contributed by atoms with Crippen LogP contribution in [-0.4, -0.2) is 17.9 Å². The molecule has 4 rings (SSSR count). The molecule has 0 unspecified atom stereocenters. The Hall–Kier alpha value is -3.40. The number of benzene rings is 2. The first kappa shape index (κ1) is 16.1. The molecule has 0 radical (unpaired) electrons. The van der Waals surface area contributed by atoms with Crippen LogP contribution >= 0.6 is 0 Å². The smallest absolute Gasteiger partial charge is 0.251 e. The van der Waals surface area contributed by atoms with E-state index >= 15 is 0 Å². The molecular weight excluding hydrogens is 324 g/mol. The van der Waals surface area contributed by atoms with E-state index in [1.54, 1.807) is 13.2 Å². The molecular formula is C22H18N2O2. The zero-order chi connectivity index (χ0) is 17.9. The lowest BCUT2D eigenvalue weighted by molar-refractivity contribution is 0.0962. The maximum Gasteiger partial charge on any atom is 0.251 e. The Labute approximate surface area is 151 Å². The summed E-state index contributed by atoms with van der Waals surface area (Å²) in [5.74, 6) is 0.704. The summed E-state index contributed by atoms with van der Waals surface area (Å²) in [6, 6.07) is 21.5. The minimum absolute atomic E-state index is 0.0877. The number of carbonyl (C=O) groups is 1. The van der Waals surface area contributed by atoms with Crippen LogP contribution in [0.5, 0.6) is 0 Å². The molecule has 4 heteroatoms.